The van der Waals surface area contributed by atoms with E-state index < -0.39 is 11.4 Å². The topological polar surface area (TPSA) is 40.2 Å². The van der Waals surface area contributed by atoms with Crippen LogP contribution in [0.25, 0.3) is 0 Å². The van der Waals surface area contributed by atoms with Crippen molar-refractivity contribution in [3.63, 3.8) is 0 Å². The van der Waals surface area contributed by atoms with E-state index in [2.05, 4.69) is 18.7 Å². The van der Waals surface area contributed by atoms with Gasteiger partial charge in [-0.2, -0.15) is 11.8 Å². The van der Waals surface area contributed by atoms with Crippen LogP contribution in [0.4, 0.5) is 0 Å². The van der Waals surface area contributed by atoms with E-state index in [0.717, 1.165) is 25.9 Å². The third-order valence-corrected chi connectivity index (χ3v) is 8.47. The molecule has 25 heavy (non-hydrogen) atoms. The maximum absolute atomic E-state index is 6.69. The number of rotatable bonds is 1. The Morgan fingerprint density at radius 3 is 2.60 bits per heavy atom. The van der Waals surface area contributed by atoms with Gasteiger partial charge in [-0.25, -0.2) is 9.78 Å². The van der Waals surface area contributed by atoms with Crippen molar-refractivity contribution in [3.8, 4) is 0 Å². The molecule has 6 rings (SSSR count). The third kappa shape index (κ3) is 2.48. The van der Waals surface area contributed by atoms with Crippen molar-refractivity contribution in [2.75, 3.05) is 24.6 Å². The van der Waals surface area contributed by atoms with Gasteiger partial charge in [-0.3, -0.25) is 4.90 Å². The van der Waals surface area contributed by atoms with Crippen molar-refractivity contribution in [1.82, 2.24) is 4.90 Å². The zero-order valence-electron chi connectivity index (χ0n) is 15.6. The van der Waals surface area contributed by atoms with Crippen molar-refractivity contribution >= 4 is 11.8 Å². The summed E-state index contributed by atoms with van der Waals surface area (Å²) in [6.07, 6.45) is 4.28. The van der Waals surface area contributed by atoms with Gasteiger partial charge in [-0.05, 0) is 38.0 Å². The van der Waals surface area contributed by atoms with E-state index in [4.69, 9.17) is 19.2 Å². The standard InChI is InChI=1S/C19H31NO4S/c1-12-4-5-15-13(2)16(20-8-10-25-11-9-20)21-17-19(15)14(12)6-7-18(3,22-17)23-24-19/h12-17H,4-11H2,1-3H3/t12?,13-,14+,15+,16?,17?,18+,19?/m1/s1. The molecule has 5 nitrogen and oxygen atoms in total. The van der Waals surface area contributed by atoms with Crippen LogP contribution in [-0.2, 0) is 19.2 Å². The fourth-order valence-corrected chi connectivity index (χ4v) is 7.07. The Morgan fingerprint density at radius 1 is 1.00 bits per heavy atom. The van der Waals surface area contributed by atoms with E-state index in [-0.39, 0.29) is 12.5 Å². The van der Waals surface area contributed by atoms with E-state index >= 15 is 0 Å². The van der Waals surface area contributed by atoms with Gasteiger partial charge in [0.2, 0.25) is 5.79 Å². The normalized spacial score (nSPS) is 56.3. The van der Waals surface area contributed by atoms with Crippen LogP contribution in [-0.4, -0.2) is 53.4 Å². The third-order valence-electron chi connectivity index (χ3n) is 7.53. The summed E-state index contributed by atoms with van der Waals surface area (Å²) in [5.74, 6) is 3.70. The van der Waals surface area contributed by atoms with E-state index in [1.807, 2.05) is 18.7 Å². The molecular formula is C19H31NO4S. The Bertz CT molecular complexity index is 530. The van der Waals surface area contributed by atoms with Crippen LogP contribution < -0.4 is 0 Å². The summed E-state index contributed by atoms with van der Waals surface area (Å²) >= 11 is 2.05. The highest BCUT2D eigenvalue weighted by Crippen LogP contribution is 2.60. The second-order valence-corrected chi connectivity index (χ2v) is 10.2. The number of hydrogen-bond acceptors (Lipinski definition) is 6. The molecule has 142 valence electrons. The largest absolute Gasteiger partial charge is 0.331 e. The molecule has 0 aromatic carbocycles. The average Bonchev–Trinajstić information content (AvgIpc) is 2.85. The molecule has 5 saturated heterocycles. The number of nitrogens with zero attached hydrogens (tertiary/aromatic N) is 1. The van der Waals surface area contributed by atoms with Crippen LogP contribution in [0.3, 0.4) is 0 Å². The van der Waals surface area contributed by atoms with Crippen molar-refractivity contribution in [2.45, 2.75) is 70.4 Å². The number of ether oxygens (including phenoxy) is 2. The molecule has 5 aliphatic heterocycles. The Kier molecular flexibility index (Phi) is 4.20. The first-order chi connectivity index (χ1) is 12.0. The average molecular weight is 370 g/mol. The fraction of sp³-hybridized carbons (Fsp3) is 1.00. The minimum Gasteiger partial charge on any atom is -0.331 e. The van der Waals surface area contributed by atoms with Gasteiger partial charge in [0.15, 0.2) is 11.9 Å². The molecular weight excluding hydrogens is 338 g/mol. The molecule has 6 fully saturated rings. The first-order valence-corrected chi connectivity index (χ1v) is 11.2. The molecule has 1 aliphatic carbocycles. The van der Waals surface area contributed by atoms with E-state index in [1.54, 1.807) is 0 Å². The Hall–Kier alpha value is 0.150. The lowest BCUT2D eigenvalue weighted by molar-refractivity contribution is -0.574. The van der Waals surface area contributed by atoms with E-state index in [0.29, 0.717) is 23.7 Å². The van der Waals surface area contributed by atoms with Crippen molar-refractivity contribution in [2.24, 2.45) is 23.7 Å². The van der Waals surface area contributed by atoms with Gasteiger partial charge in [0.25, 0.3) is 0 Å². The Balaban J connectivity index is 1.52. The molecule has 5 heterocycles. The number of hydrogen-bond donors (Lipinski definition) is 0. The molecule has 0 N–H and O–H groups in total. The second-order valence-electron chi connectivity index (χ2n) is 8.94. The minimum absolute atomic E-state index is 0.141. The molecule has 0 aromatic heterocycles. The quantitative estimate of drug-likeness (QED) is 0.661. The van der Waals surface area contributed by atoms with Gasteiger partial charge in [-0.15, -0.1) is 0 Å². The highest BCUT2D eigenvalue weighted by Gasteiger charge is 2.69. The molecule has 6 aliphatic rings. The SMILES string of the molecule is CC1CC[C@H]2[C@@H](C)C(N3CCSCC3)OC3O[C@]4(C)CC[C@@H]1C32OO4. The summed E-state index contributed by atoms with van der Waals surface area (Å²) in [7, 11) is 0. The van der Waals surface area contributed by atoms with Crippen LogP contribution in [0.5, 0.6) is 0 Å². The minimum atomic E-state index is -0.666. The predicted octanol–water partition coefficient (Wildman–Crippen LogP) is 3.24. The zero-order chi connectivity index (χ0) is 17.2. The molecule has 8 atom stereocenters. The van der Waals surface area contributed by atoms with Crippen molar-refractivity contribution < 1.29 is 19.2 Å². The highest BCUT2D eigenvalue weighted by molar-refractivity contribution is 7.99. The lowest BCUT2D eigenvalue weighted by atomic mass is 9.58. The molecule has 0 aromatic rings. The van der Waals surface area contributed by atoms with E-state index in [9.17, 15) is 0 Å². The lowest BCUT2D eigenvalue weighted by Crippen LogP contribution is -2.72. The molecule has 1 saturated carbocycles. The second kappa shape index (κ2) is 6.08. The van der Waals surface area contributed by atoms with Gasteiger partial charge < -0.3 is 9.47 Å². The number of thioether (sulfide) groups is 1. The first-order valence-electron chi connectivity index (χ1n) is 10.1. The van der Waals surface area contributed by atoms with Crippen molar-refractivity contribution in [1.29, 1.82) is 0 Å². The molecule has 1 spiro atoms. The Labute approximate surface area is 155 Å². The molecule has 0 radical (unpaired) electrons. The maximum Gasteiger partial charge on any atom is 0.201 e. The van der Waals surface area contributed by atoms with Gasteiger partial charge >= 0.3 is 0 Å². The number of fused-ring (bicyclic) bond motifs is 2. The molecule has 4 unspecified atom stereocenters. The molecule has 6 heteroatoms. The summed E-state index contributed by atoms with van der Waals surface area (Å²) in [5.41, 5.74) is -0.422. The zero-order valence-corrected chi connectivity index (χ0v) is 16.4. The van der Waals surface area contributed by atoms with Crippen LogP contribution in [0.15, 0.2) is 0 Å². The predicted molar refractivity (Wildman–Crippen MR) is 95.7 cm³/mol. The van der Waals surface area contributed by atoms with Gasteiger partial charge in [0, 0.05) is 42.9 Å². The monoisotopic (exact) mass is 369 g/mol. The summed E-state index contributed by atoms with van der Waals surface area (Å²) in [4.78, 5) is 14.6. The lowest BCUT2D eigenvalue weighted by Gasteiger charge is -2.61. The van der Waals surface area contributed by atoms with Crippen molar-refractivity contribution in [3.05, 3.63) is 0 Å². The van der Waals surface area contributed by atoms with Crippen LogP contribution >= 0.6 is 11.8 Å². The summed E-state index contributed by atoms with van der Waals surface area (Å²) in [5, 5.41) is 0. The summed E-state index contributed by atoms with van der Waals surface area (Å²) in [6.45, 7) is 8.96. The van der Waals surface area contributed by atoms with Gasteiger partial charge in [0.05, 0.1) is 0 Å². The smallest absolute Gasteiger partial charge is 0.201 e. The van der Waals surface area contributed by atoms with Crippen LogP contribution in [0, 0.1) is 23.7 Å². The molecule has 2 bridgehead atoms. The first kappa shape index (κ1) is 17.3. The van der Waals surface area contributed by atoms with Crippen LogP contribution in [0.1, 0.15) is 46.5 Å². The highest BCUT2D eigenvalue weighted by atomic mass is 32.2. The summed E-state index contributed by atoms with van der Waals surface area (Å²) in [6, 6.07) is 0. The Morgan fingerprint density at radius 2 is 1.80 bits per heavy atom. The van der Waals surface area contributed by atoms with E-state index in [1.165, 1.54) is 24.3 Å². The molecule has 0 amide bonds. The fourth-order valence-electron chi connectivity index (χ4n) is 6.14. The summed E-state index contributed by atoms with van der Waals surface area (Å²) < 4.78 is 13.1. The van der Waals surface area contributed by atoms with Crippen LogP contribution in [0.2, 0.25) is 0 Å². The van der Waals surface area contributed by atoms with Gasteiger partial charge in [-0.1, -0.05) is 13.8 Å². The maximum atomic E-state index is 6.69. The van der Waals surface area contributed by atoms with Gasteiger partial charge in [0.1, 0.15) is 6.23 Å².